The van der Waals surface area contributed by atoms with Crippen LogP contribution >= 0.6 is 0 Å². The summed E-state index contributed by atoms with van der Waals surface area (Å²) in [6.07, 6.45) is 0. The van der Waals surface area contributed by atoms with Crippen LogP contribution < -0.4 is 20.1 Å². The Hall–Kier alpha value is -3.10. The molecule has 1 atom stereocenters. The average Bonchev–Trinajstić information content (AvgIpc) is 3.27. The Morgan fingerprint density at radius 2 is 1.69 bits per heavy atom. The first-order valence-electron chi connectivity index (χ1n) is 10.9. The second kappa shape index (κ2) is 10.0. The molecule has 0 aromatic heterocycles. The third-order valence-corrected chi connectivity index (χ3v) is 6.12. The van der Waals surface area contributed by atoms with E-state index in [-0.39, 0.29) is 12.8 Å². The summed E-state index contributed by atoms with van der Waals surface area (Å²) >= 11 is 0. The number of nitrogens with one attached hydrogen (secondary N) is 2. The van der Waals surface area contributed by atoms with Crippen LogP contribution in [0.1, 0.15) is 22.7 Å². The molecule has 2 aromatic carbocycles. The molecule has 8 heteroatoms. The minimum Gasteiger partial charge on any atom is -0.454 e. The summed E-state index contributed by atoms with van der Waals surface area (Å²) in [5.74, 6) is 0.184. The first-order valence-corrected chi connectivity index (χ1v) is 10.9. The Bertz CT molecular complexity index is 972. The third-order valence-electron chi connectivity index (χ3n) is 6.12. The maximum atomic E-state index is 12.5. The average molecular weight is 439 g/mol. The molecule has 0 bridgehead atoms. The topological polar surface area (TPSA) is 83.1 Å². The Labute approximate surface area is 188 Å². The van der Waals surface area contributed by atoms with Crippen molar-refractivity contribution in [1.29, 1.82) is 0 Å². The Morgan fingerprint density at radius 1 is 0.969 bits per heavy atom. The lowest BCUT2D eigenvalue weighted by Gasteiger charge is -2.38. The number of benzene rings is 2. The molecule has 2 aliphatic heterocycles. The molecular weight excluding hydrogens is 408 g/mol. The molecule has 2 heterocycles. The van der Waals surface area contributed by atoms with E-state index >= 15 is 0 Å². The number of ether oxygens (including phenoxy) is 2. The second-order valence-corrected chi connectivity index (χ2v) is 8.29. The fraction of sp³-hybridized carbons (Fsp3) is 0.417. The van der Waals surface area contributed by atoms with E-state index < -0.39 is 11.8 Å². The van der Waals surface area contributed by atoms with E-state index in [2.05, 4.69) is 27.5 Å². The lowest BCUT2D eigenvalue weighted by molar-refractivity contribution is -0.139. The van der Waals surface area contributed by atoms with Crippen molar-refractivity contribution < 1.29 is 19.1 Å². The van der Waals surface area contributed by atoms with Gasteiger partial charge in [0.25, 0.3) is 0 Å². The summed E-state index contributed by atoms with van der Waals surface area (Å²) in [5.41, 5.74) is 3.09. The highest BCUT2D eigenvalue weighted by atomic mass is 16.7. The SMILES string of the molecule is Cc1ccccc1CNC(=O)C(=O)NCC(c1ccc2c(c1)OCO2)N1CCN(C)CC1. The van der Waals surface area contributed by atoms with Crippen LogP contribution in [0.25, 0.3) is 0 Å². The number of hydrogen-bond acceptors (Lipinski definition) is 6. The molecule has 0 spiro atoms. The molecule has 2 aromatic rings. The first kappa shape index (κ1) is 22.1. The third kappa shape index (κ3) is 5.20. The summed E-state index contributed by atoms with van der Waals surface area (Å²) in [7, 11) is 2.10. The molecule has 0 radical (unpaired) electrons. The molecule has 0 aliphatic carbocycles. The predicted octanol–water partition coefficient (Wildman–Crippen LogP) is 1.44. The highest BCUT2D eigenvalue weighted by Crippen LogP contribution is 2.35. The molecule has 0 saturated carbocycles. The van der Waals surface area contributed by atoms with Gasteiger partial charge in [0.2, 0.25) is 6.79 Å². The lowest BCUT2D eigenvalue weighted by Crippen LogP contribution is -2.49. The fourth-order valence-electron chi connectivity index (χ4n) is 4.05. The fourth-order valence-corrected chi connectivity index (χ4v) is 4.05. The molecular formula is C24H30N4O4. The van der Waals surface area contributed by atoms with E-state index in [1.165, 1.54) is 0 Å². The zero-order chi connectivity index (χ0) is 22.5. The van der Waals surface area contributed by atoms with Crippen LogP contribution in [-0.4, -0.2) is 68.2 Å². The summed E-state index contributed by atoms with van der Waals surface area (Å²) in [6, 6.07) is 13.6. The molecule has 2 amide bonds. The monoisotopic (exact) mass is 438 g/mol. The standard InChI is InChI=1S/C24H30N4O4/c1-17-5-3-4-6-19(17)14-25-23(29)24(30)26-15-20(28-11-9-27(2)10-12-28)18-7-8-21-22(13-18)32-16-31-21/h3-8,13,20H,9-12,14-16H2,1-2H3,(H,25,29)(H,26,30). The smallest absolute Gasteiger partial charge is 0.309 e. The minimum atomic E-state index is -0.629. The molecule has 4 rings (SSSR count). The van der Waals surface area contributed by atoms with Crippen molar-refractivity contribution in [2.24, 2.45) is 0 Å². The van der Waals surface area contributed by atoms with Crippen LogP contribution in [0.3, 0.4) is 0 Å². The zero-order valence-electron chi connectivity index (χ0n) is 18.6. The molecule has 1 fully saturated rings. The molecule has 32 heavy (non-hydrogen) atoms. The highest BCUT2D eigenvalue weighted by Gasteiger charge is 2.27. The van der Waals surface area contributed by atoms with Gasteiger partial charge in [-0.15, -0.1) is 0 Å². The number of fused-ring (bicyclic) bond motifs is 1. The van der Waals surface area contributed by atoms with Crippen LogP contribution in [-0.2, 0) is 16.1 Å². The molecule has 2 aliphatic rings. The minimum absolute atomic E-state index is 0.0636. The number of piperazine rings is 1. The summed E-state index contributed by atoms with van der Waals surface area (Å²) in [6.45, 7) is 6.51. The lowest BCUT2D eigenvalue weighted by atomic mass is 10.0. The van der Waals surface area contributed by atoms with E-state index in [9.17, 15) is 9.59 Å². The maximum Gasteiger partial charge on any atom is 0.309 e. The number of hydrogen-bond donors (Lipinski definition) is 2. The van der Waals surface area contributed by atoms with Gasteiger partial charge in [-0.05, 0) is 42.8 Å². The number of nitrogens with zero attached hydrogens (tertiary/aromatic N) is 2. The van der Waals surface area contributed by atoms with Crippen molar-refractivity contribution >= 4 is 11.8 Å². The van der Waals surface area contributed by atoms with Gasteiger partial charge in [-0.25, -0.2) is 0 Å². The second-order valence-electron chi connectivity index (χ2n) is 8.29. The number of carbonyl (C=O) groups is 2. The quantitative estimate of drug-likeness (QED) is 0.665. The Morgan fingerprint density at radius 3 is 2.47 bits per heavy atom. The van der Waals surface area contributed by atoms with Gasteiger partial charge in [0, 0.05) is 39.3 Å². The largest absolute Gasteiger partial charge is 0.454 e. The number of likely N-dealkylation sites (N-methyl/N-ethyl adjacent to an activating group) is 1. The van der Waals surface area contributed by atoms with Gasteiger partial charge in [-0.3, -0.25) is 14.5 Å². The van der Waals surface area contributed by atoms with Gasteiger partial charge in [0.15, 0.2) is 11.5 Å². The molecule has 2 N–H and O–H groups in total. The summed E-state index contributed by atoms with van der Waals surface area (Å²) < 4.78 is 11.0. The van der Waals surface area contributed by atoms with Crippen molar-refractivity contribution in [1.82, 2.24) is 20.4 Å². The van der Waals surface area contributed by atoms with E-state index in [0.717, 1.165) is 48.6 Å². The highest BCUT2D eigenvalue weighted by molar-refractivity contribution is 6.35. The molecule has 1 unspecified atom stereocenters. The first-order chi connectivity index (χ1) is 15.5. The Kier molecular flexibility index (Phi) is 6.92. The van der Waals surface area contributed by atoms with Gasteiger partial charge in [-0.1, -0.05) is 30.3 Å². The predicted molar refractivity (Wildman–Crippen MR) is 120 cm³/mol. The summed E-state index contributed by atoms with van der Waals surface area (Å²) in [4.78, 5) is 29.5. The van der Waals surface area contributed by atoms with E-state index in [1.807, 2.05) is 49.4 Å². The normalized spacial score (nSPS) is 17.1. The summed E-state index contributed by atoms with van der Waals surface area (Å²) in [5, 5.41) is 5.54. The van der Waals surface area contributed by atoms with Gasteiger partial charge >= 0.3 is 11.8 Å². The van der Waals surface area contributed by atoms with Crippen LogP contribution in [0.5, 0.6) is 11.5 Å². The van der Waals surface area contributed by atoms with Crippen LogP contribution in [0.15, 0.2) is 42.5 Å². The molecule has 170 valence electrons. The van der Waals surface area contributed by atoms with Gasteiger partial charge in [0.05, 0.1) is 6.04 Å². The van der Waals surface area contributed by atoms with Crippen molar-refractivity contribution in [3.8, 4) is 11.5 Å². The number of rotatable bonds is 6. The van der Waals surface area contributed by atoms with Crippen LogP contribution in [0.2, 0.25) is 0 Å². The van der Waals surface area contributed by atoms with Gasteiger partial charge in [0.1, 0.15) is 0 Å². The number of carbonyl (C=O) groups excluding carboxylic acids is 2. The number of aryl methyl sites for hydroxylation is 1. The van der Waals surface area contributed by atoms with E-state index in [1.54, 1.807) is 0 Å². The van der Waals surface area contributed by atoms with Crippen LogP contribution in [0.4, 0.5) is 0 Å². The van der Waals surface area contributed by atoms with Crippen molar-refractivity contribution in [3.05, 3.63) is 59.2 Å². The molecule has 1 saturated heterocycles. The van der Waals surface area contributed by atoms with E-state index in [4.69, 9.17) is 9.47 Å². The molecule has 8 nitrogen and oxygen atoms in total. The van der Waals surface area contributed by atoms with Crippen LogP contribution in [0, 0.1) is 6.92 Å². The van der Waals surface area contributed by atoms with E-state index in [0.29, 0.717) is 18.8 Å². The number of amides is 2. The van der Waals surface area contributed by atoms with Gasteiger partial charge < -0.3 is 25.0 Å². The zero-order valence-corrected chi connectivity index (χ0v) is 18.6. The van der Waals surface area contributed by atoms with Crippen molar-refractivity contribution in [3.63, 3.8) is 0 Å². The van der Waals surface area contributed by atoms with Gasteiger partial charge in [-0.2, -0.15) is 0 Å². The van der Waals surface area contributed by atoms with Crippen molar-refractivity contribution in [2.45, 2.75) is 19.5 Å². The Balaban J connectivity index is 1.40. The maximum absolute atomic E-state index is 12.5. The van der Waals surface area contributed by atoms with Crippen molar-refractivity contribution in [2.75, 3.05) is 46.6 Å².